The third-order valence-electron chi connectivity index (χ3n) is 5.61. The normalized spacial score (nSPS) is 21.0. The topological polar surface area (TPSA) is 43.3 Å². The molecular formula is C23H16ClFN2O3. The van der Waals surface area contributed by atoms with Crippen LogP contribution >= 0.6 is 11.6 Å². The lowest BCUT2D eigenvalue weighted by Gasteiger charge is -2.38. The van der Waals surface area contributed by atoms with Crippen LogP contribution in [0, 0.1) is 5.82 Å². The van der Waals surface area contributed by atoms with Gasteiger partial charge in [0.05, 0.1) is 11.8 Å². The van der Waals surface area contributed by atoms with Gasteiger partial charge in [0.15, 0.2) is 11.5 Å². The Morgan fingerprint density at radius 3 is 2.60 bits per heavy atom. The van der Waals surface area contributed by atoms with Gasteiger partial charge in [-0.25, -0.2) is 9.40 Å². The van der Waals surface area contributed by atoms with Crippen LogP contribution in [-0.4, -0.2) is 17.5 Å². The summed E-state index contributed by atoms with van der Waals surface area (Å²) < 4.78 is 30.7. The summed E-state index contributed by atoms with van der Waals surface area (Å²) in [6.07, 6.45) is 0.226. The molecule has 3 heterocycles. The lowest BCUT2D eigenvalue weighted by molar-refractivity contribution is -0.0190. The van der Waals surface area contributed by atoms with Crippen LogP contribution in [0.5, 0.6) is 17.2 Å². The summed E-state index contributed by atoms with van der Waals surface area (Å²) >= 11 is 6.27. The molecular weight excluding hydrogens is 407 g/mol. The monoisotopic (exact) mass is 422 g/mol. The minimum Gasteiger partial charge on any atom is -0.464 e. The van der Waals surface area contributed by atoms with Crippen molar-refractivity contribution in [2.45, 2.75) is 18.7 Å². The van der Waals surface area contributed by atoms with E-state index in [0.29, 0.717) is 11.4 Å². The van der Waals surface area contributed by atoms with Gasteiger partial charge in [-0.3, -0.25) is 0 Å². The highest BCUT2D eigenvalue weighted by Gasteiger charge is 2.41. The molecule has 5 nitrogen and oxygen atoms in total. The van der Waals surface area contributed by atoms with Crippen LogP contribution in [0.1, 0.15) is 35.4 Å². The molecule has 0 aromatic heterocycles. The maximum atomic E-state index is 13.5. The van der Waals surface area contributed by atoms with Gasteiger partial charge in [-0.05, 0) is 48.5 Å². The van der Waals surface area contributed by atoms with E-state index in [2.05, 4.69) is 0 Å². The maximum absolute atomic E-state index is 13.5. The molecule has 3 aliphatic rings. The van der Waals surface area contributed by atoms with Crippen molar-refractivity contribution in [3.63, 3.8) is 0 Å². The summed E-state index contributed by atoms with van der Waals surface area (Å²) in [6.45, 7) is 0.229. The molecule has 0 spiro atoms. The molecule has 3 aromatic rings. The summed E-state index contributed by atoms with van der Waals surface area (Å²) in [6, 6.07) is 17.7. The third-order valence-corrected chi connectivity index (χ3v) is 5.85. The zero-order chi connectivity index (χ0) is 20.2. The highest BCUT2D eigenvalue weighted by molar-refractivity contribution is 6.30. The van der Waals surface area contributed by atoms with Gasteiger partial charge in [-0.15, -0.1) is 0 Å². The predicted octanol–water partition coefficient (Wildman–Crippen LogP) is 5.45. The summed E-state index contributed by atoms with van der Waals surface area (Å²) in [7, 11) is 0. The van der Waals surface area contributed by atoms with E-state index in [1.807, 2.05) is 41.4 Å². The molecule has 0 unspecified atom stereocenters. The molecule has 3 aliphatic heterocycles. The first-order chi connectivity index (χ1) is 14.7. The van der Waals surface area contributed by atoms with E-state index in [9.17, 15) is 4.39 Å². The van der Waals surface area contributed by atoms with E-state index < -0.39 is 6.23 Å². The van der Waals surface area contributed by atoms with Gasteiger partial charge in [0, 0.05) is 28.1 Å². The molecule has 0 radical (unpaired) electrons. The van der Waals surface area contributed by atoms with E-state index in [1.165, 1.54) is 12.1 Å². The highest BCUT2D eigenvalue weighted by atomic mass is 35.5. The molecule has 0 fully saturated rings. The quantitative estimate of drug-likeness (QED) is 0.550. The maximum Gasteiger partial charge on any atom is 0.231 e. The molecule has 6 rings (SSSR count). The Labute approximate surface area is 177 Å². The summed E-state index contributed by atoms with van der Waals surface area (Å²) in [5, 5.41) is 7.49. The Balaban J connectivity index is 1.43. The average molecular weight is 423 g/mol. The van der Waals surface area contributed by atoms with Crippen molar-refractivity contribution in [1.82, 2.24) is 5.01 Å². The Morgan fingerprint density at radius 2 is 1.73 bits per heavy atom. The second-order valence-corrected chi connectivity index (χ2v) is 7.86. The van der Waals surface area contributed by atoms with E-state index in [4.69, 9.17) is 30.9 Å². The largest absolute Gasteiger partial charge is 0.464 e. The van der Waals surface area contributed by atoms with Gasteiger partial charge >= 0.3 is 0 Å². The third kappa shape index (κ3) is 2.79. The molecule has 0 saturated carbocycles. The van der Waals surface area contributed by atoms with E-state index in [-0.39, 0.29) is 18.7 Å². The van der Waals surface area contributed by atoms with Gasteiger partial charge in [0.1, 0.15) is 11.6 Å². The smallest absolute Gasteiger partial charge is 0.231 e. The van der Waals surface area contributed by atoms with Crippen molar-refractivity contribution >= 4 is 17.3 Å². The highest BCUT2D eigenvalue weighted by Crippen LogP contribution is 2.48. The Kier molecular flexibility index (Phi) is 3.89. The second kappa shape index (κ2) is 6.64. The summed E-state index contributed by atoms with van der Waals surface area (Å²) in [5.74, 6) is 1.93. The lowest BCUT2D eigenvalue weighted by Crippen LogP contribution is -2.33. The van der Waals surface area contributed by atoms with Crippen molar-refractivity contribution < 1.29 is 18.6 Å². The Morgan fingerprint density at radius 1 is 0.933 bits per heavy atom. The fourth-order valence-corrected chi connectivity index (χ4v) is 4.34. The number of halogens is 2. The van der Waals surface area contributed by atoms with Crippen LogP contribution < -0.4 is 14.2 Å². The number of nitrogens with zero attached hydrogens (tertiary/aromatic N) is 2. The van der Waals surface area contributed by atoms with Gasteiger partial charge in [-0.2, -0.15) is 5.10 Å². The minimum atomic E-state index is -0.462. The number of fused-ring (bicyclic) bond motifs is 4. The molecule has 0 amide bonds. The van der Waals surface area contributed by atoms with Crippen molar-refractivity contribution in [1.29, 1.82) is 0 Å². The fraction of sp³-hybridized carbons (Fsp3) is 0.174. The predicted molar refractivity (Wildman–Crippen MR) is 110 cm³/mol. The summed E-state index contributed by atoms with van der Waals surface area (Å²) in [4.78, 5) is 0. The zero-order valence-corrected chi connectivity index (χ0v) is 16.5. The number of hydrazone groups is 1. The molecule has 0 aliphatic carbocycles. The molecule has 0 bridgehead atoms. The van der Waals surface area contributed by atoms with Crippen LogP contribution in [0.25, 0.3) is 0 Å². The first kappa shape index (κ1) is 17.6. The Bertz CT molecular complexity index is 1180. The van der Waals surface area contributed by atoms with E-state index >= 15 is 0 Å². The van der Waals surface area contributed by atoms with Crippen LogP contribution in [-0.2, 0) is 0 Å². The number of benzene rings is 3. The number of hydrogen-bond acceptors (Lipinski definition) is 5. The standard InChI is InChI=1S/C23H16ClFN2O3/c24-15-4-8-20-17(10-15)19-11-18(14-3-7-21-22(9-14)29-12-28-21)26-27(19)23(30-20)13-1-5-16(25)6-2-13/h1-10,19,23H,11-12H2/t19-,23+/m0/s1. The first-order valence-electron chi connectivity index (χ1n) is 9.63. The minimum absolute atomic E-state index is 0.0390. The SMILES string of the molecule is Fc1ccc([C@H]2Oc3ccc(Cl)cc3[C@@H]3CC(c4ccc5c(c4)OCO5)=NN23)cc1. The molecule has 150 valence electrons. The Hall–Kier alpha value is -3.25. The number of rotatable bonds is 2. The van der Waals surface area contributed by atoms with Crippen molar-refractivity contribution in [3.8, 4) is 17.2 Å². The summed E-state index contributed by atoms with van der Waals surface area (Å²) in [5.41, 5.74) is 3.70. The number of hydrogen-bond donors (Lipinski definition) is 0. The number of ether oxygens (including phenoxy) is 3. The first-order valence-corrected chi connectivity index (χ1v) is 10.0. The van der Waals surface area contributed by atoms with E-state index in [1.54, 1.807) is 12.1 Å². The van der Waals surface area contributed by atoms with Gasteiger partial charge in [-0.1, -0.05) is 23.7 Å². The lowest BCUT2D eigenvalue weighted by atomic mass is 9.95. The van der Waals surface area contributed by atoms with Crippen molar-refractivity contribution in [2.24, 2.45) is 5.10 Å². The molecule has 2 atom stereocenters. The fourth-order valence-electron chi connectivity index (χ4n) is 4.16. The van der Waals surface area contributed by atoms with Gasteiger partial charge in [0.2, 0.25) is 13.0 Å². The second-order valence-electron chi connectivity index (χ2n) is 7.42. The van der Waals surface area contributed by atoms with Crippen LogP contribution in [0.4, 0.5) is 4.39 Å². The van der Waals surface area contributed by atoms with Crippen LogP contribution in [0.3, 0.4) is 0 Å². The molecule has 3 aromatic carbocycles. The van der Waals surface area contributed by atoms with Crippen LogP contribution in [0.15, 0.2) is 65.8 Å². The molecule has 0 N–H and O–H groups in total. The van der Waals surface area contributed by atoms with Crippen LogP contribution in [0.2, 0.25) is 5.02 Å². The average Bonchev–Trinajstić information content (AvgIpc) is 3.41. The molecule has 30 heavy (non-hydrogen) atoms. The van der Waals surface area contributed by atoms with E-state index in [0.717, 1.165) is 39.7 Å². The van der Waals surface area contributed by atoms with Crippen molar-refractivity contribution in [3.05, 3.63) is 88.2 Å². The van der Waals surface area contributed by atoms with Crippen molar-refractivity contribution in [2.75, 3.05) is 6.79 Å². The zero-order valence-electron chi connectivity index (χ0n) is 15.7. The van der Waals surface area contributed by atoms with Gasteiger partial charge < -0.3 is 14.2 Å². The van der Waals surface area contributed by atoms with Gasteiger partial charge in [0.25, 0.3) is 0 Å². The molecule has 0 saturated heterocycles. The molecule has 7 heteroatoms.